The largest absolute Gasteiger partial charge is 0.462 e. The Bertz CT molecular complexity index is 690. The quantitative estimate of drug-likeness (QED) is 0.793. The molecular weight excluding hydrogens is 294 g/mol. The molecule has 0 aliphatic carbocycles. The number of nitrogens with zero attached hydrogens (tertiary/aromatic N) is 3. The van der Waals surface area contributed by atoms with Crippen LogP contribution in [0.25, 0.3) is 11.0 Å². The molecule has 2 aromatic rings. The molecule has 2 aromatic heterocycles. The second-order valence-electron chi connectivity index (χ2n) is 5.86. The molecule has 0 bridgehead atoms. The lowest BCUT2D eigenvalue weighted by Gasteiger charge is -2.23. The minimum atomic E-state index is -0.308. The third kappa shape index (κ3) is 3.22. The van der Waals surface area contributed by atoms with Gasteiger partial charge in [-0.15, -0.1) is 0 Å². The zero-order chi connectivity index (χ0) is 16.2. The van der Waals surface area contributed by atoms with Gasteiger partial charge in [-0.2, -0.15) is 5.10 Å². The third-order valence-electron chi connectivity index (χ3n) is 4.32. The Balaban J connectivity index is 2.02. The van der Waals surface area contributed by atoms with Crippen LogP contribution < -0.4 is 0 Å². The molecule has 1 atom stereocenters. The van der Waals surface area contributed by atoms with E-state index in [-0.39, 0.29) is 5.97 Å². The summed E-state index contributed by atoms with van der Waals surface area (Å²) < 4.78 is 12.6. The van der Waals surface area contributed by atoms with Crippen molar-refractivity contribution in [2.45, 2.75) is 39.7 Å². The van der Waals surface area contributed by atoms with Crippen LogP contribution in [-0.4, -0.2) is 40.6 Å². The van der Waals surface area contributed by atoms with Crippen molar-refractivity contribution in [1.29, 1.82) is 0 Å². The number of fused-ring (bicyclic) bond motifs is 1. The zero-order valence-corrected chi connectivity index (χ0v) is 13.7. The summed E-state index contributed by atoms with van der Waals surface area (Å²) in [5.74, 6) is 0.116. The lowest BCUT2D eigenvalue weighted by Crippen LogP contribution is -2.21. The molecule has 1 unspecified atom stereocenters. The van der Waals surface area contributed by atoms with E-state index in [1.807, 2.05) is 24.7 Å². The maximum atomic E-state index is 12.3. The number of hydrogen-bond donors (Lipinski definition) is 0. The Hall–Kier alpha value is -1.95. The molecule has 0 amide bonds. The zero-order valence-electron chi connectivity index (χ0n) is 13.7. The molecule has 0 saturated carbocycles. The van der Waals surface area contributed by atoms with Gasteiger partial charge in [0.25, 0.3) is 0 Å². The first-order valence-electron chi connectivity index (χ1n) is 8.32. The van der Waals surface area contributed by atoms with E-state index < -0.39 is 0 Å². The fraction of sp³-hybridized carbons (Fsp3) is 0.588. The van der Waals surface area contributed by atoms with E-state index in [4.69, 9.17) is 9.47 Å². The van der Waals surface area contributed by atoms with Crippen molar-refractivity contribution in [3.05, 3.63) is 23.5 Å². The van der Waals surface area contributed by atoms with Crippen LogP contribution in [0, 0.1) is 5.92 Å². The molecule has 3 heterocycles. The highest BCUT2D eigenvalue weighted by molar-refractivity contribution is 5.96. The maximum Gasteiger partial charge on any atom is 0.339 e. The van der Waals surface area contributed by atoms with Crippen molar-refractivity contribution >= 4 is 17.0 Å². The van der Waals surface area contributed by atoms with Crippen molar-refractivity contribution in [2.24, 2.45) is 5.92 Å². The number of ether oxygens (including phenoxy) is 2. The van der Waals surface area contributed by atoms with Crippen LogP contribution in [0.15, 0.2) is 12.4 Å². The first-order chi connectivity index (χ1) is 11.2. The van der Waals surface area contributed by atoms with E-state index >= 15 is 0 Å². The monoisotopic (exact) mass is 317 g/mol. The van der Waals surface area contributed by atoms with Crippen molar-refractivity contribution in [3.8, 4) is 0 Å². The van der Waals surface area contributed by atoms with Gasteiger partial charge in [0.15, 0.2) is 5.65 Å². The van der Waals surface area contributed by atoms with Crippen LogP contribution >= 0.6 is 0 Å². The van der Waals surface area contributed by atoms with Crippen LogP contribution in [0.4, 0.5) is 0 Å². The predicted molar refractivity (Wildman–Crippen MR) is 86.4 cm³/mol. The Labute approximate surface area is 135 Å². The molecule has 124 valence electrons. The molecule has 1 fully saturated rings. The lowest BCUT2D eigenvalue weighted by molar-refractivity contribution is 0.0507. The first-order valence-corrected chi connectivity index (χ1v) is 8.32. The summed E-state index contributed by atoms with van der Waals surface area (Å²) in [4.78, 5) is 16.7. The van der Waals surface area contributed by atoms with Gasteiger partial charge in [0.1, 0.15) is 0 Å². The summed E-state index contributed by atoms with van der Waals surface area (Å²) >= 11 is 0. The molecule has 23 heavy (non-hydrogen) atoms. The van der Waals surface area contributed by atoms with E-state index in [9.17, 15) is 4.79 Å². The second kappa shape index (κ2) is 7.08. The van der Waals surface area contributed by atoms with Gasteiger partial charge in [0.05, 0.1) is 18.4 Å². The highest BCUT2D eigenvalue weighted by Crippen LogP contribution is 2.27. The molecule has 0 aromatic carbocycles. The summed E-state index contributed by atoms with van der Waals surface area (Å²) in [7, 11) is 0. The predicted octanol–water partition coefficient (Wildman–Crippen LogP) is 2.60. The highest BCUT2D eigenvalue weighted by Gasteiger charge is 2.23. The molecule has 1 aliphatic rings. The molecule has 0 radical (unpaired) electrons. The molecular formula is C17H23N3O3. The van der Waals surface area contributed by atoms with Crippen LogP contribution in [0.5, 0.6) is 0 Å². The number of aromatic nitrogens is 3. The molecule has 6 nitrogen and oxygen atoms in total. The third-order valence-corrected chi connectivity index (χ3v) is 4.32. The van der Waals surface area contributed by atoms with Crippen molar-refractivity contribution in [2.75, 3.05) is 19.8 Å². The number of hydrogen-bond acceptors (Lipinski definition) is 5. The molecule has 6 heteroatoms. The average Bonchev–Trinajstić information content (AvgIpc) is 3.00. The Kier molecular flexibility index (Phi) is 4.91. The van der Waals surface area contributed by atoms with Crippen molar-refractivity contribution in [3.63, 3.8) is 0 Å². The summed E-state index contributed by atoms with van der Waals surface area (Å²) in [6.45, 7) is 6.53. The van der Waals surface area contributed by atoms with Gasteiger partial charge < -0.3 is 9.47 Å². The van der Waals surface area contributed by atoms with Gasteiger partial charge in [-0.1, -0.05) is 0 Å². The fourth-order valence-corrected chi connectivity index (χ4v) is 3.17. The SMILES string of the molecule is CCOC(=O)c1cnc2c(cnn2CC)c1CC1CCCOC1. The summed E-state index contributed by atoms with van der Waals surface area (Å²) in [6, 6.07) is 0. The molecule has 0 N–H and O–H groups in total. The van der Waals surface area contributed by atoms with Gasteiger partial charge in [0.2, 0.25) is 0 Å². The number of carbonyl (C=O) groups excluding carboxylic acids is 1. The highest BCUT2D eigenvalue weighted by atomic mass is 16.5. The molecule has 3 rings (SSSR count). The fourth-order valence-electron chi connectivity index (χ4n) is 3.17. The first kappa shape index (κ1) is 15.9. The molecule has 1 aliphatic heterocycles. The number of pyridine rings is 1. The van der Waals surface area contributed by atoms with Gasteiger partial charge in [-0.25, -0.2) is 14.5 Å². The second-order valence-corrected chi connectivity index (χ2v) is 5.86. The maximum absolute atomic E-state index is 12.3. The average molecular weight is 317 g/mol. The Morgan fingerprint density at radius 3 is 3.00 bits per heavy atom. The van der Waals surface area contributed by atoms with Gasteiger partial charge in [-0.05, 0) is 44.6 Å². The Morgan fingerprint density at radius 2 is 2.30 bits per heavy atom. The number of rotatable bonds is 5. The van der Waals surface area contributed by atoms with E-state index in [0.29, 0.717) is 18.1 Å². The van der Waals surface area contributed by atoms with E-state index in [1.54, 1.807) is 6.20 Å². The van der Waals surface area contributed by atoms with Crippen molar-refractivity contribution in [1.82, 2.24) is 14.8 Å². The Morgan fingerprint density at radius 1 is 1.43 bits per heavy atom. The smallest absolute Gasteiger partial charge is 0.339 e. The molecule has 0 spiro atoms. The number of esters is 1. The summed E-state index contributed by atoms with van der Waals surface area (Å²) in [5.41, 5.74) is 2.37. The van der Waals surface area contributed by atoms with Gasteiger partial charge >= 0.3 is 5.97 Å². The van der Waals surface area contributed by atoms with Gasteiger partial charge in [-0.3, -0.25) is 0 Å². The summed E-state index contributed by atoms with van der Waals surface area (Å²) in [6.07, 6.45) is 6.43. The van der Waals surface area contributed by atoms with E-state index in [1.165, 1.54) is 0 Å². The van der Waals surface area contributed by atoms with Gasteiger partial charge in [0, 0.05) is 31.3 Å². The normalized spacial score (nSPS) is 18.3. The summed E-state index contributed by atoms with van der Waals surface area (Å²) in [5, 5.41) is 5.33. The topological polar surface area (TPSA) is 66.2 Å². The molecule has 1 saturated heterocycles. The number of carbonyl (C=O) groups is 1. The minimum Gasteiger partial charge on any atom is -0.462 e. The van der Waals surface area contributed by atoms with Crippen LogP contribution in [-0.2, 0) is 22.4 Å². The van der Waals surface area contributed by atoms with Crippen LogP contribution in [0.2, 0.25) is 0 Å². The number of aryl methyl sites for hydroxylation is 1. The van der Waals surface area contributed by atoms with E-state index in [2.05, 4.69) is 10.1 Å². The van der Waals surface area contributed by atoms with Crippen LogP contribution in [0.1, 0.15) is 42.6 Å². The standard InChI is InChI=1S/C17H23N3O3/c1-3-20-16-14(10-19-20)13(8-12-6-5-7-22-11-12)15(9-18-16)17(21)23-4-2/h9-10,12H,3-8,11H2,1-2H3. The lowest BCUT2D eigenvalue weighted by atomic mass is 9.91. The van der Waals surface area contributed by atoms with Crippen LogP contribution in [0.3, 0.4) is 0 Å². The van der Waals surface area contributed by atoms with E-state index in [0.717, 1.165) is 55.6 Å². The van der Waals surface area contributed by atoms with Crippen molar-refractivity contribution < 1.29 is 14.3 Å². The minimum absolute atomic E-state index is 0.308.